The highest BCUT2D eigenvalue weighted by Crippen LogP contribution is 2.31. The van der Waals surface area contributed by atoms with Crippen LogP contribution in [-0.4, -0.2) is 25.7 Å². The monoisotopic (exact) mass is 140 g/mol. The lowest BCUT2D eigenvalue weighted by Crippen LogP contribution is -2.32. The summed E-state index contributed by atoms with van der Waals surface area (Å²) in [6.45, 7) is 1.24. The van der Waals surface area contributed by atoms with Crippen LogP contribution in [0.2, 0.25) is 0 Å². The van der Waals surface area contributed by atoms with Gasteiger partial charge in [-0.05, 0) is 38.8 Å². The fourth-order valence-corrected chi connectivity index (χ4v) is 2.52. The van der Waals surface area contributed by atoms with E-state index < -0.39 is 0 Å². The van der Waals surface area contributed by atoms with Crippen LogP contribution in [0.4, 0.5) is 0 Å². The number of rotatable bonds is 1. The summed E-state index contributed by atoms with van der Waals surface area (Å²) in [7, 11) is 2.09. The van der Waals surface area contributed by atoms with E-state index in [-0.39, 0.29) is 0 Å². The van der Waals surface area contributed by atoms with Gasteiger partial charge in [0.1, 0.15) is 0 Å². The third-order valence-electron chi connectivity index (χ3n) is 3.08. The molecule has 1 heterocycles. The quantitative estimate of drug-likeness (QED) is 0.549. The highest BCUT2D eigenvalue weighted by Gasteiger charge is 2.37. The molecule has 0 amide bonds. The molecular weight excluding hydrogens is 124 g/mol. The summed E-state index contributed by atoms with van der Waals surface area (Å²) in [5, 5.41) is 6.94. The van der Waals surface area contributed by atoms with Gasteiger partial charge in [0.05, 0.1) is 0 Å². The van der Waals surface area contributed by atoms with Crippen LogP contribution in [0.25, 0.3) is 0 Å². The van der Waals surface area contributed by atoms with E-state index in [2.05, 4.69) is 17.7 Å². The zero-order valence-corrected chi connectivity index (χ0v) is 6.56. The van der Waals surface area contributed by atoms with Crippen molar-refractivity contribution in [3.8, 4) is 0 Å². The minimum atomic E-state index is 0.806. The predicted molar refractivity (Wildman–Crippen MR) is 42.0 cm³/mol. The predicted octanol–water partition coefficient (Wildman–Crippen LogP) is 0.346. The maximum absolute atomic E-state index is 3.54. The fourth-order valence-electron chi connectivity index (χ4n) is 2.52. The Morgan fingerprint density at radius 2 is 2.20 bits per heavy atom. The second-order valence-corrected chi connectivity index (χ2v) is 3.49. The summed E-state index contributed by atoms with van der Waals surface area (Å²) in [5.41, 5.74) is 0. The van der Waals surface area contributed by atoms with Crippen LogP contribution in [0.1, 0.15) is 19.3 Å². The van der Waals surface area contributed by atoms with E-state index in [0.717, 1.165) is 18.0 Å². The normalized spacial score (nSPS) is 45.9. The molecule has 0 aromatic rings. The van der Waals surface area contributed by atoms with Gasteiger partial charge in [0, 0.05) is 12.1 Å². The van der Waals surface area contributed by atoms with Crippen LogP contribution < -0.4 is 10.6 Å². The molecule has 0 radical (unpaired) electrons. The smallest absolute Gasteiger partial charge is 0.0111 e. The van der Waals surface area contributed by atoms with Crippen molar-refractivity contribution in [3.63, 3.8) is 0 Å². The summed E-state index contributed by atoms with van der Waals surface area (Å²) >= 11 is 0. The van der Waals surface area contributed by atoms with Gasteiger partial charge in [-0.1, -0.05) is 0 Å². The Labute approximate surface area is 62.4 Å². The zero-order chi connectivity index (χ0) is 6.97. The van der Waals surface area contributed by atoms with Crippen molar-refractivity contribution in [2.45, 2.75) is 31.3 Å². The zero-order valence-electron chi connectivity index (χ0n) is 6.56. The van der Waals surface area contributed by atoms with Crippen molar-refractivity contribution >= 4 is 0 Å². The second-order valence-electron chi connectivity index (χ2n) is 3.49. The molecular formula is C8H16N2. The van der Waals surface area contributed by atoms with E-state index >= 15 is 0 Å². The van der Waals surface area contributed by atoms with E-state index in [1.54, 1.807) is 0 Å². The number of nitrogens with one attached hydrogen (secondary N) is 2. The molecule has 0 aromatic carbocycles. The Hall–Kier alpha value is -0.0800. The van der Waals surface area contributed by atoms with Crippen LogP contribution in [0, 0.1) is 5.92 Å². The van der Waals surface area contributed by atoms with Crippen molar-refractivity contribution < 1.29 is 0 Å². The number of hydrogen-bond donors (Lipinski definition) is 2. The fraction of sp³-hybridized carbons (Fsp3) is 1.00. The molecule has 1 aliphatic heterocycles. The Morgan fingerprint density at radius 3 is 3.00 bits per heavy atom. The van der Waals surface area contributed by atoms with Gasteiger partial charge >= 0.3 is 0 Å². The molecule has 58 valence electrons. The Morgan fingerprint density at radius 1 is 1.30 bits per heavy atom. The minimum Gasteiger partial charge on any atom is -0.317 e. The highest BCUT2D eigenvalue weighted by molar-refractivity contribution is 4.97. The van der Waals surface area contributed by atoms with Crippen LogP contribution in [0.3, 0.4) is 0 Å². The Bertz CT molecular complexity index is 124. The molecule has 2 heteroatoms. The molecule has 2 aliphatic rings. The molecule has 1 aliphatic carbocycles. The molecule has 0 aromatic heterocycles. The first-order valence-corrected chi connectivity index (χ1v) is 4.32. The third-order valence-corrected chi connectivity index (χ3v) is 3.08. The molecule has 1 saturated carbocycles. The molecule has 0 spiro atoms. The maximum Gasteiger partial charge on any atom is 0.0111 e. The summed E-state index contributed by atoms with van der Waals surface area (Å²) in [5.74, 6) is 0.935. The molecule has 0 bridgehead atoms. The number of fused-ring (bicyclic) bond motifs is 1. The first-order valence-electron chi connectivity index (χ1n) is 4.32. The molecule has 2 fully saturated rings. The third kappa shape index (κ3) is 0.867. The topological polar surface area (TPSA) is 24.1 Å². The van der Waals surface area contributed by atoms with Crippen molar-refractivity contribution in [2.24, 2.45) is 5.92 Å². The average molecular weight is 140 g/mol. The maximum atomic E-state index is 3.54. The highest BCUT2D eigenvalue weighted by atomic mass is 15.0. The standard InChI is InChI=1S/C8H16N2/c1-9-7-2-3-8-6(7)4-5-10-8/h6-10H,2-5H2,1H3. The average Bonchev–Trinajstić information content (AvgIpc) is 2.44. The second kappa shape index (κ2) is 2.51. The Kier molecular flexibility index (Phi) is 1.66. The Balaban J connectivity index is 2.01. The van der Waals surface area contributed by atoms with Crippen LogP contribution in [0.5, 0.6) is 0 Å². The van der Waals surface area contributed by atoms with Gasteiger partial charge in [0.25, 0.3) is 0 Å². The van der Waals surface area contributed by atoms with Gasteiger partial charge in [-0.2, -0.15) is 0 Å². The van der Waals surface area contributed by atoms with Crippen molar-refractivity contribution in [1.82, 2.24) is 10.6 Å². The van der Waals surface area contributed by atoms with E-state index in [1.165, 1.54) is 25.8 Å². The number of hydrogen-bond acceptors (Lipinski definition) is 2. The van der Waals surface area contributed by atoms with Gasteiger partial charge < -0.3 is 10.6 Å². The minimum absolute atomic E-state index is 0.806. The van der Waals surface area contributed by atoms with Gasteiger partial charge in [-0.3, -0.25) is 0 Å². The first-order chi connectivity index (χ1) is 4.92. The van der Waals surface area contributed by atoms with Gasteiger partial charge in [0.15, 0.2) is 0 Å². The van der Waals surface area contributed by atoms with Gasteiger partial charge in [-0.25, -0.2) is 0 Å². The first kappa shape index (κ1) is 6.62. The summed E-state index contributed by atoms with van der Waals surface area (Å²) in [6.07, 6.45) is 4.14. The van der Waals surface area contributed by atoms with E-state index in [4.69, 9.17) is 0 Å². The molecule has 3 atom stereocenters. The molecule has 2 rings (SSSR count). The van der Waals surface area contributed by atoms with E-state index in [9.17, 15) is 0 Å². The van der Waals surface area contributed by atoms with Crippen molar-refractivity contribution in [1.29, 1.82) is 0 Å². The van der Waals surface area contributed by atoms with E-state index in [0.29, 0.717) is 0 Å². The van der Waals surface area contributed by atoms with Crippen LogP contribution >= 0.6 is 0 Å². The van der Waals surface area contributed by atoms with E-state index in [1.807, 2.05) is 0 Å². The summed E-state index contributed by atoms with van der Waals surface area (Å²) < 4.78 is 0. The lowest BCUT2D eigenvalue weighted by atomic mass is 10.0. The van der Waals surface area contributed by atoms with Crippen LogP contribution in [-0.2, 0) is 0 Å². The van der Waals surface area contributed by atoms with Crippen LogP contribution in [0.15, 0.2) is 0 Å². The molecule has 1 saturated heterocycles. The lowest BCUT2D eigenvalue weighted by molar-refractivity contribution is 0.421. The van der Waals surface area contributed by atoms with Crippen molar-refractivity contribution in [3.05, 3.63) is 0 Å². The van der Waals surface area contributed by atoms with Gasteiger partial charge in [-0.15, -0.1) is 0 Å². The molecule has 2 N–H and O–H groups in total. The lowest BCUT2D eigenvalue weighted by Gasteiger charge is -2.16. The SMILES string of the molecule is CNC1CCC2NCCC12. The largest absolute Gasteiger partial charge is 0.317 e. The summed E-state index contributed by atoms with van der Waals surface area (Å²) in [6, 6.07) is 1.65. The molecule has 2 nitrogen and oxygen atoms in total. The van der Waals surface area contributed by atoms with Crippen molar-refractivity contribution in [2.75, 3.05) is 13.6 Å². The van der Waals surface area contributed by atoms with Gasteiger partial charge in [0.2, 0.25) is 0 Å². The molecule has 3 unspecified atom stereocenters. The summed E-state index contributed by atoms with van der Waals surface area (Å²) in [4.78, 5) is 0. The molecule has 10 heavy (non-hydrogen) atoms.